The van der Waals surface area contributed by atoms with Crippen molar-refractivity contribution < 1.29 is 22.4 Å². The number of nitrogens with zero attached hydrogens (tertiary/aromatic N) is 3. The average molecular weight is 369 g/mol. The number of hydrogen-bond acceptors (Lipinski definition) is 4. The predicted molar refractivity (Wildman–Crippen MR) is 87.6 cm³/mol. The summed E-state index contributed by atoms with van der Waals surface area (Å²) in [7, 11) is -3.77. The zero-order valence-corrected chi connectivity index (χ0v) is 14.5. The van der Waals surface area contributed by atoms with Gasteiger partial charge in [0.05, 0.1) is 11.4 Å². The summed E-state index contributed by atoms with van der Waals surface area (Å²) in [6.45, 7) is 1.47. The molecule has 0 aromatic heterocycles. The Morgan fingerprint density at radius 2 is 1.84 bits per heavy atom. The number of halogens is 1. The van der Waals surface area contributed by atoms with E-state index in [1.165, 1.54) is 27.4 Å². The van der Waals surface area contributed by atoms with Crippen LogP contribution < -0.4 is 0 Å². The molecular formula is C16H20FN3O4S. The first-order valence-electron chi connectivity index (χ1n) is 8.19. The van der Waals surface area contributed by atoms with Crippen LogP contribution in [-0.2, 0) is 19.6 Å². The summed E-state index contributed by atoms with van der Waals surface area (Å²) in [5.41, 5.74) is 0. The highest BCUT2D eigenvalue weighted by Crippen LogP contribution is 2.19. The van der Waals surface area contributed by atoms with Gasteiger partial charge >= 0.3 is 0 Å². The molecule has 0 bridgehead atoms. The van der Waals surface area contributed by atoms with Gasteiger partial charge in [0.1, 0.15) is 5.82 Å². The molecule has 2 aliphatic heterocycles. The summed E-state index contributed by atoms with van der Waals surface area (Å²) in [6.07, 6.45) is 1.25. The Morgan fingerprint density at radius 3 is 2.44 bits per heavy atom. The van der Waals surface area contributed by atoms with Crippen LogP contribution in [0, 0.1) is 5.82 Å². The van der Waals surface area contributed by atoms with Gasteiger partial charge in [0.15, 0.2) is 0 Å². The monoisotopic (exact) mass is 369 g/mol. The molecule has 1 aromatic carbocycles. The van der Waals surface area contributed by atoms with Gasteiger partial charge in [-0.25, -0.2) is 12.8 Å². The molecule has 1 aromatic rings. The van der Waals surface area contributed by atoms with Crippen molar-refractivity contribution >= 4 is 21.8 Å². The first-order chi connectivity index (χ1) is 11.9. The molecule has 0 radical (unpaired) electrons. The number of rotatable bonds is 4. The van der Waals surface area contributed by atoms with E-state index < -0.39 is 15.8 Å². The molecule has 0 aliphatic carbocycles. The summed E-state index contributed by atoms with van der Waals surface area (Å²) in [5, 5.41) is 0. The van der Waals surface area contributed by atoms with E-state index in [1.54, 1.807) is 4.90 Å². The minimum absolute atomic E-state index is 0.0133. The third-order valence-corrected chi connectivity index (χ3v) is 6.42. The lowest BCUT2D eigenvalue weighted by Crippen LogP contribution is -2.52. The fourth-order valence-corrected chi connectivity index (χ4v) is 4.54. The van der Waals surface area contributed by atoms with Crippen LogP contribution in [0.15, 0.2) is 29.2 Å². The smallest absolute Gasteiger partial charge is 0.243 e. The fraction of sp³-hybridized carbons (Fsp3) is 0.500. The van der Waals surface area contributed by atoms with Crippen LogP contribution in [0.2, 0.25) is 0 Å². The standard InChI is InChI=1S/C16H20FN3O4S/c17-13-3-1-4-14(11-13)25(23,24)20-9-7-18(8-10-20)16(22)12-19-6-2-5-15(19)21/h1,3-4,11H,2,5-10,12H2. The topological polar surface area (TPSA) is 78.0 Å². The van der Waals surface area contributed by atoms with Crippen molar-refractivity contribution in [3.05, 3.63) is 30.1 Å². The molecule has 2 saturated heterocycles. The minimum Gasteiger partial charge on any atom is -0.339 e. The van der Waals surface area contributed by atoms with Crippen molar-refractivity contribution in [3.63, 3.8) is 0 Å². The van der Waals surface area contributed by atoms with E-state index in [9.17, 15) is 22.4 Å². The molecule has 9 heteroatoms. The summed E-state index contributed by atoms with van der Waals surface area (Å²) < 4.78 is 39.6. The fourth-order valence-electron chi connectivity index (χ4n) is 3.09. The first-order valence-corrected chi connectivity index (χ1v) is 9.63. The largest absolute Gasteiger partial charge is 0.339 e. The van der Waals surface area contributed by atoms with Gasteiger partial charge in [-0.2, -0.15) is 4.31 Å². The lowest BCUT2D eigenvalue weighted by molar-refractivity contribution is -0.139. The van der Waals surface area contributed by atoms with E-state index in [0.29, 0.717) is 13.0 Å². The molecule has 0 unspecified atom stereocenters. The third kappa shape index (κ3) is 3.82. The molecule has 7 nitrogen and oxygen atoms in total. The predicted octanol–water partition coefficient (Wildman–Crippen LogP) is 0.281. The van der Waals surface area contributed by atoms with Crippen LogP contribution in [0.5, 0.6) is 0 Å². The second-order valence-electron chi connectivity index (χ2n) is 6.16. The van der Waals surface area contributed by atoms with Crippen molar-refractivity contribution in [3.8, 4) is 0 Å². The van der Waals surface area contributed by atoms with Crippen LogP contribution in [-0.4, -0.2) is 73.6 Å². The molecule has 3 rings (SSSR count). The van der Waals surface area contributed by atoms with Gasteiger partial charge in [-0.15, -0.1) is 0 Å². The number of piperazine rings is 1. The summed E-state index contributed by atoms with van der Waals surface area (Å²) in [5.74, 6) is -0.788. The van der Waals surface area contributed by atoms with E-state index in [1.807, 2.05) is 0 Å². The second-order valence-corrected chi connectivity index (χ2v) is 8.10. The number of sulfonamides is 1. The minimum atomic E-state index is -3.77. The lowest BCUT2D eigenvalue weighted by atomic mass is 10.3. The Hall–Kier alpha value is -2.00. The van der Waals surface area contributed by atoms with E-state index in [2.05, 4.69) is 0 Å². The number of amides is 2. The molecule has 2 aliphatic rings. The van der Waals surface area contributed by atoms with Crippen molar-refractivity contribution in [2.45, 2.75) is 17.7 Å². The molecule has 0 atom stereocenters. The average Bonchev–Trinajstić information content (AvgIpc) is 3.00. The number of likely N-dealkylation sites (tertiary alicyclic amines) is 1. The van der Waals surface area contributed by atoms with Crippen LogP contribution in [0.3, 0.4) is 0 Å². The highest BCUT2D eigenvalue weighted by molar-refractivity contribution is 7.89. The highest BCUT2D eigenvalue weighted by atomic mass is 32.2. The van der Waals surface area contributed by atoms with Crippen molar-refractivity contribution in [1.82, 2.24) is 14.1 Å². The van der Waals surface area contributed by atoms with Gasteiger partial charge in [-0.05, 0) is 24.6 Å². The molecule has 0 N–H and O–H groups in total. The Balaban J connectivity index is 1.59. The second kappa shape index (κ2) is 7.09. The number of carbonyl (C=O) groups excluding carboxylic acids is 2. The Bertz CT molecular complexity index is 775. The Kier molecular flexibility index (Phi) is 5.05. The maximum Gasteiger partial charge on any atom is 0.243 e. The molecule has 25 heavy (non-hydrogen) atoms. The SMILES string of the molecule is O=C(CN1CCCC1=O)N1CCN(S(=O)(=O)c2cccc(F)c2)CC1. The van der Waals surface area contributed by atoms with E-state index >= 15 is 0 Å². The quantitative estimate of drug-likeness (QED) is 0.764. The molecule has 2 fully saturated rings. The van der Waals surface area contributed by atoms with Gasteiger partial charge in [0.2, 0.25) is 21.8 Å². The van der Waals surface area contributed by atoms with Crippen molar-refractivity contribution in [2.24, 2.45) is 0 Å². The zero-order valence-electron chi connectivity index (χ0n) is 13.7. The van der Waals surface area contributed by atoms with Gasteiger partial charge in [-0.3, -0.25) is 9.59 Å². The van der Waals surface area contributed by atoms with Crippen LogP contribution in [0.4, 0.5) is 4.39 Å². The van der Waals surface area contributed by atoms with Crippen LogP contribution in [0.25, 0.3) is 0 Å². The van der Waals surface area contributed by atoms with Crippen molar-refractivity contribution in [2.75, 3.05) is 39.3 Å². The number of carbonyl (C=O) groups is 2. The molecule has 0 spiro atoms. The highest BCUT2D eigenvalue weighted by Gasteiger charge is 2.31. The van der Waals surface area contributed by atoms with Crippen molar-refractivity contribution in [1.29, 1.82) is 0 Å². The van der Waals surface area contributed by atoms with Gasteiger partial charge in [-0.1, -0.05) is 6.07 Å². The Morgan fingerprint density at radius 1 is 1.12 bits per heavy atom. The van der Waals surface area contributed by atoms with Crippen LogP contribution >= 0.6 is 0 Å². The zero-order chi connectivity index (χ0) is 18.0. The van der Waals surface area contributed by atoms with E-state index in [-0.39, 0.29) is 49.4 Å². The van der Waals surface area contributed by atoms with Gasteiger partial charge < -0.3 is 9.80 Å². The van der Waals surface area contributed by atoms with Gasteiger partial charge in [0.25, 0.3) is 0 Å². The van der Waals surface area contributed by atoms with Crippen LogP contribution in [0.1, 0.15) is 12.8 Å². The maximum atomic E-state index is 13.3. The van der Waals surface area contributed by atoms with E-state index in [0.717, 1.165) is 12.5 Å². The summed E-state index contributed by atoms with van der Waals surface area (Å²) in [4.78, 5) is 26.9. The molecule has 0 saturated carbocycles. The summed E-state index contributed by atoms with van der Waals surface area (Å²) >= 11 is 0. The molecule has 136 valence electrons. The number of hydrogen-bond donors (Lipinski definition) is 0. The Labute approximate surface area is 146 Å². The number of benzene rings is 1. The molecule has 2 amide bonds. The first kappa shape index (κ1) is 17.8. The van der Waals surface area contributed by atoms with E-state index in [4.69, 9.17) is 0 Å². The lowest BCUT2D eigenvalue weighted by Gasteiger charge is -2.34. The normalized spacial score (nSPS) is 19.5. The van der Waals surface area contributed by atoms with Gasteiger partial charge in [0, 0.05) is 39.1 Å². The third-order valence-electron chi connectivity index (χ3n) is 4.52. The summed E-state index contributed by atoms with van der Waals surface area (Å²) in [6, 6.07) is 4.89. The molecular weight excluding hydrogens is 349 g/mol. The molecule has 2 heterocycles. The maximum absolute atomic E-state index is 13.3.